The highest BCUT2D eigenvalue weighted by Crippen LogP contribution is 2.38. The molecule has 0 bridgehead atoms. The summed E-state index contributed by atoms with van der Waals surface area (Å²) in [6.45, 7) is 15.5. The van der Waals surface area contributed by atoms with Crippen molar-refractivity contribution in [2.75, 3.05) is 25.6 Å². The molecule has 41 heavy (non-hydrogen) atoms. The Labute approximate surface area is 249 Å². The number of benzene rings is 2. The van der Waals surface area contributed by atoms with E-state index in [9.17, 15) is 18.5 Å². The van der Waals surface area contributed by atoms with E-state index in [2.05, 4.69) is 52.4 Å². The Kier molecular flexibility index (Phi) is 12.2. The first kappa shape index (κ1) is 34.9. The van der Waals surface area contributed by atoms with Gasteiger partial charge in [0, 0.05) is 31.9 Å². The summed E-state index contributed by atoms with van der Waals surface area (Å²) in [6, 6.07) is 11.7. The number of unbranched alkanes of at least 4 members (excludes halogenated alkanes) is 2. The van der Waals surface area contributed by atoms with E-state index in [1.54, 1.807) is 24.3 Å². The number of sulfonamides is 1. The minimum atomic E-state index is -3.97. The van der Waals surface area contributed by atoms with Crippen molar-refractivity contribution in [3.05, 3.63) is 63.7 Å². The molecular formula is C31H51N3O5SSi. The van der Waals surface area contributed by atoms with Gasteiger partial charge in [0.15, 0.2) is 8.32 Å². The van der Waals surface area contributed by atoms with E-state index >= 15 is 0 Å². The summed E-state index contributed by atoms with van der Waals surface area (Å²) in [5, 5.41) is 11.4. The van der Waals surface area contributed by atoms with Crippen molar-refractivity contribution in [1.82, 2.24) is 4.72 Å². The summed E-state index contributed by atoms with van der Waals surface area (Å²) in [6.07, 6.45) is 5.29. The molecule has 0 radical (unpaired) electrons. The summed E-state index contributed by atoms with van der Waals surface area (Å²) < 4.78 is 38.4. The molecule has 0 aliphatic rings. The standard InChI is InChI=1S/C31H51N3O5SSi/c1-10-12-19-31(20-13-11-2,24-39-41(8,9)30(3,4)5)32-40(37,38)29-18-17-27(33(6)7)23-26(29)21-25-15-14-16-28(22-25)34(35)36/h14-18,22-23,32H,10-13,19-21,24H2,1-9H3. The molecule has 0 saturated heterocycles. The molecule has 0 aliphatic heterocycles. The third-order valence-corrected chi connectivity index (χ3v) is 14.4. The summed E-state index contributed by atoms with van der Waals surface area (Å²) in [5.41, 5.74) is 1.37. The van der Waals surface area contributed by atoms with E-state index in [0.717, 1.165) is 31.4 Å². The molecule has 2 rings (SSSR count). The maximum atomic E-state index is 14.3. The number of non-ortho nitro benzene ring substituents is 1. The molecule has 0 unspecified atom stereocenters. The lowest BCUT2D eigenvalue weighted by Crippen LogP contribution is -2.55. The number of nitrogens with one attached hydrogen (secondary N) is 1. The lowest BCUT2D eigenvalue weighted by Gasteiger charge is -2.42. The Morgan fingerprint density at radius 3 is 2.12 bits per heavy atom. The average Bonchev–Trinajstić information content (AvgIpc) is 2.88. The molecule has 2 aromatic carbocycles. The summed E-state index contributed by atoms with van der Waals surface area (Å²) in [7, 11) is -2.31. The molecule has 230 valence electrons. The number of nitro benzene ring substituents is 1. The van der Waals surface area contributed by atoms with Crippen LogP contribution in [-0.4, -0.2) is 47.9 Å². The normalized spacial score (nSPS) is 12.9. The van der Waals surface area contributed by atoms with Crippen LogP contribution in [0.1, 0.15) is 84.3 Å². The maximum absolute atomic E-state index is 14.3. The first-order chi connectivity index (χ1) is 19.0. The van der Waals surface area contributed by atoms with Gasteiger partial charge in [-0.3, -0.25) is 10.1 Å². The molecule has 10 heteroatoms. The fourth-order valence-electron chi connectivity index (χ4n) is 4.55. The van der Waals surface area contributed by atoms with Gasteiger partial charge in [-0.2, -0.15) is 0 Å². The molecule has 0 spiro atoms. The van der Waals surface area contributed by atoms with Gasteiger partial charge in [-0.1, -0.05) is 72.4 Å². The van der Waals surface area contributed by atoms with Crippen LogP contribution in [0.25, 0.3) is 0 Å². The second kappa shape index (κ2) is 14.3. The van der Waals surface area contributed by atoms with Gasteiger partial charge in [0.1, 0.15) is 0 Å². The van der Waals surface area contributed by atoms with Crippen molar-refractivity contribution < 1.29 is 17.8 Å². The van der Waals surface area contributed by atoms with Gasteiger partial charge in [-0.25, -0.2) is 13.1 Å². The number of rotatable bonds is 16. The lowest BCUT2D eigenvalue weighted by atomic mass is 9.89. The molecule has 0 heterocycles. The largest absolute Gasteiger partial charge is 0.415 e. The van der Waals surface area contributed by atoms with Crippen molar-refractivity contribution in [2.24, 2.45) is 0 Å². The first-order valence-electron chi connectivity index (χ1n) is 14.7. The molecule has 0 aliphatic carbocycles. The Hall–Kier alpha value is -2.27. The van der Waals surface area contributed by atoms with Crippen LogP contribution in [0.3, 0.4) is 0 Å². The number of nitrogens with zero attached hydrogens (tertiary/aromatic N) is 2. The highest BCUT2D eigenvalue weighted by atomic mass is 32.2. The van der Waals surface area contributed by atoms with Crippen LogP contribution in [0, 0.1) is 10.1 Å². The minimum Gasteiger partial charge on any atom is -0.415 e. The van der Waals surface area contributed by atoms with E-state index in [1.165, 1.54) is 12.1 Å². The van der Waals surface area contributed by atoms with Crippen LogP contribution >= 0.6 is 0 Å². The van der Waals surface area contributed by atoms with Crippen LogP contribution < -0.4 is 9.62 Å². The van der Waals surface area contributed by atoms with Crippen molar-refractivity contribution in [3.8, 4) is 0 Å². The number of anilines is 1. The van der Waals surface area contributed by atoms with Gasteiger partial charge in [0.2, 0.25) is 10.0 Å². The van der Waals surface area contributed by atoms with Crippen LogP contribution in [-0.2, 0) is 20.9 Å². The fourth-order valence-corrected chi connectivity index (χ4v) is 7.29. The zero-order valence-corrected chi connectivity index (χ0v) is 28.4. The first-order valence-corrected chi connectivity index (χ1v) is 19.1. The number of nitro groups is 1. The van der Waals surface area contributed by atoms with Crippen LogP contribution in [0.2, 0.25) is 18.1 Å². The second-order valence-corrected chi connectivity index (χ2v) is 19.4. The van der Waals surface area contributed by atoms with E-state index in [0.29, 0.717) is 30.6 Å². The molecule has 0 amide bonds. The predicted molar refractivity (Wildman–Crippen MR) is 172 cm³/mol. The molecule has 1 N–H and O–H groups in total. The molecule has 0 atom stereocenters. The smallest absolute Gasteiger partial charge is 0.269 e. The lowest BCUT2D eigenvalue weighted by molar-refractivity contribution is -0.384. The van der Waals surface area contributed by atoms with Crippen molar-refractivity contribution >= 4 is 29.7 Å². The Morgan fingerprint density at radius 1 is 1.00 bits per heavy atom. The molecular weight excluding hydrogens is 555 g/mol. The third-order valence-electron chi connectivity index (χ3n) is 8.25. The molecule has 2 aromatic rings. The van der Waals surface area contributed by atoms with Gasteiger partial charge in [-0.05, 0) is 66.7 Å². The highest BCUT2D eigenvalue weighted by Gasteiger charge is 2.42. The van der Waals surface area contributed by atoms with Crippen molar-refractivity contribution in [2.45, 2.75) is 108 Å². The zero-order chi connectivity index (χ0) is 31.1. The summed E-state index contributed by atoms with van der Waals surface area (Å²) >= 11 is 0. The topological polar surface area (TPSA) is 102 Å². The van der Waals surface area contributed by atoms with E-state index in [-0.39, 0.29) is 22.0 Å². The average molecular weight is 606 g/mol. The van der Waals surface area contributed by atoms with Crippen molar-refractivity contribution in [1.29, 1.82) is 0 Å². The maximum Gasteiger partial charge on any atom is 0.269 e. The predicted octanol–water partition coefficient (Wildman–Crippen LogP) is 7.67. The SMILES string of the molecule is CCCCC(CCCC)(CO[Si](C)(C)C(C)(C)C)NS(=O)(=O)c1ccc(N(C)C)cc1Cc1cccc([N+](=O)[O-])c1. The zero-order valence-electron chi connectivity index (χ0n) is 26.5. The van der Waals surface area contributed by atoms with Crippen LogP contribution in [0.15, 0.2) is 47.4 Å². The molecule has 0 aromatic heterocycles. The van der Waals surface area contributed by atoms with E-state index < -0.39 is 28.8 Å². The van der Waals surface area contributed by atoms with Gasteiger partial charge in [-0.15, -0.1) is 0 Å². The Bertz CT molecular complexity index is 1260. The Balaban J connectivity index is 2.60. The molecule has 8 nitrogen and oxygen atoms in total. The summed E-state index contributed by atoms with van der Waals surface area (Å²) in [5.74, 6) is 0. The van der Waals surface area contributed by atoms with Gasteiger partial charge < -0.3 is 9.33 Å². The molecule has 0 saturated carbocycles. The van der Waals surface area contributed by atoms with Gasteiger partial charge >= 0.3 is 0 Å². The fraction of sp³-hybridized carbons (Fsp3) is 0.613. The number of hydrogen-bond donors (Lipinski definition) is 1. The molecule has 0 fully saturated rings. The third kappa shape index (κ3) is 9.63. The van der Waals surface area contributed by atoms with Crippen molar-refractivity contribution in [3.63, 3.8) is 0 Å². The second-order valence-electron chi connectivity index (χ2n) is 12.9. The summed E-state index contributed by atoms with van der Waals surface area (Å²) in [4.78, 5) is 13.1. The quantitative estimate of drug-likeness (QED) is 0.120. The van der Waals surface area contributed by atoms with Crippen LogP contribution in [0.4, 0.5) is 11.4 Å². The van der Waals surface area contributed by atoms with E-state index in [1.807, 2.05) is 25.1 Å². The van der Waals surface area contributed by atoms with Gasteiger partial charge in [0.25, 0.3) is 5.69 Å². The number of hydrogen-bond acceptors (Lipinski definition) is 6. The minimum absolute atomic E-state index is 0.000597. The van der Waals surface area contributed by atoms with Crippen LogP contribution in [0.5, 0.6) is 0 Å². The van der Waals surface area contributed by atoms with Gasteiger partial charge in [0.05, 0.1) is 22.0 Å². The highest BCUT2D eigenvalue weighted by molar-refractivity contribution is 7.89. The van der Waals surface area contributed by atoms with E-state index in [4.69, 9.17) is 4.43 Å². The Morgan fingerprint density at radius 2 is 1.61 bits per heavy atom. The monoisotopic (exact) mass is 605 g/mol.